The number of thioether (sulfide) groups is 2. The van der Waals surface area contributed by atoms with Gasteiger partial charge in [-0.2, -0.15) is 0 Å². The van der Waals surface area contributed by atoms with Crippen molar-refractivity contribution in [2.75, 3.05) is 24.9 Å². The first-order valence-corrected chi connectivity index (χ1v) is 17.7. The Hall–Kier alpha value is -4.38. The minimum atomic E-state index is -0.434. The van der Waals surface area contributed by atoms with Crippen LogP contribution in [0.3, 0.4) is 0 Å². The first-order chi connectivity index (χ1) is 22.4. The lowest BCUT2D eigenvalue weighted by Crippen LogP contribution is -2.12. The molecule has 0 aliphatic rings. The van der Waals surface area contributed by atoms with Crippen LogP contribution in [0.4, 0.5) is 0 Å². The molecule has 6 aromatic rings. The van der Waals surface area contributed by atoms with Gasteiger partial charge in [0.25, 0.3) is 0 Å². The number of carbonyl (C=O) groups excluding carboxylic acids is 2. The standard InChI is InChI=1S/C30H28N8O4S4/c1-3-41-26(39)22-19(15-43-29-35-33-24(37(29)31)17-11-7-5-8-12-17)21-20(23(27(40)42-4-2)46-28(21)45-22)16-44-30-36-34-25(38(30)32)18-13-9-6-10-14-18/h5-14H,3-4,15-16,31-32H2,1-2H3. The lowest BCUT2D eigenvalue weighted by atomic mass is 10.1. The summed E-state index contributed by atoms with van der Waals surface area (Å²) in [6.45, 7) is 3.97. The van der Waals surface area contributed by atoms with E-state index in [0.717, 1.165) is 20.5 Å². The summed E-state index contributed by atoms with van der Waals surface area (Å²) >= 11 is 5.26. The Kier molecular flexibility index (Phi) is 9.58. The molecule has 6 rings (SSSR count). The Labute approximate surface area is 280 Å². The fraction of sp³-hybridized carbons (Fsp3) is 0.200. The monoisotopic (exact) mass is 692 g/mol. The minimum Gasteiger partial charge on any atom is -0.462 e. The predicted octanol–water partition coefficient (Wildman–Crippen LogP) is 5.85. The van der Waals surface area contributed by atoms with Crippen molar-refractivity contribution in [1.82, 2.24) is 29.7 Å². The summed E-state index contributed by atoms with van der Waals surface area (Å²) in [4.78, 5) is 27.3. The number of fused-ring (bicyclic) bond motifs is 1. The molecule has 4 heterocycles. The molecule has 4 aromatic heterocycles. The van der Waals surface area contributed by atoms with Crippen molar-refractivity contribution in [1.29, 1.82) is 0 Å². The highest BCUT2D eigenvalue weighted by Gasteiger charge is 2.29. The van der Waals surface area contributed by atoms with Crippen molar-refractivity contribution in [3.63, 3.8) is 0 Å². The Morgan fingerprint density at radius 2 is 1.11 bits per heavy atom. The maximum Gasteiger partial charge on any atom is 0.348 e. The predicted molar refractivity (Wildman–Crippen MR) is 182 cm³/mol. The molecule has 0 radical (unpaired) electrons. The van der Waals surface area contributed by atoms with Gasteiger partial charge in [-0.1, -0.05) is 84.2 Å². The highest BCUT2D eigenvalue weighted by molar-refractivity contribution is 7.98. The van der Waals surface area contributed by atoms with Crippen LogP contribution in [0.25, 0.3) is 32.2 Å². The molecular formula is C30H28N8O4S4. The summed E-state index contributed by atoms with van der Waals surface area (Å²) in [7, 11) is 0. The summed E-state index contributed by atoms with van der Waals surface area (Å²) in [5.41, 5.74) is 3.09. The quantitative estimate of drug-likeness (QED) is 0.0895. The third kappa shape index (κ3) is 6.20. The number of nitrogens with zero attached hydrogens (tertiary/aromatic N) is 6. The Bertz CT molecular complexity index is 1860. The van der Waals surface area contributed by atoms with E-state index in [0.29, 0.717) is 54.3 Å². The van der Waals surface area contributed by atoms with Gasteiger partial charge >= 0.3 is 11.9 Å². The molecule has 0 saturated carbocycles. The summed E-state index contributed by atoms with van der Waals surface area (Å²) in [6.07, 6.45) is 0. The van der Waals surface area contributed by atoms with E-state index < -0.39 is 11.9 Å². The van der Waals surface area contributed by atoms with E-state index in [1.165, 1.54) is 55.5 Å². The second-order valence-electron chi connectivity index (χ2n) is 9.58. The molecule has 0 atom stereocenters. The van der Waals surface area contributed by atoms with Crippen LogP contribution in [0.1, 0.15) is 44.3 Å². The summed E-state index contributed by atoms with van der Waals surface area (Å²) in [5.74, 6) is 13.6. The number of carbonyl (C=O) groups is 2. The molecule has 12 nitrogen and oxygen atoms in total. The van der Waals surface area contributed by atoms with Gasteiger partial charge in [-0.25, -0.2) is 18.9 Å². The van der Waals surface area contributed by atoms with Crippen LogP contribution in [0.15, 0.2) is 71.0 Å². The van der Waals surface area contributed by atoms with E-state index in [4.69, 9.17) is 21.2 Å². The Balaban J connectivity index is 1.38. The lowest BCUT2D eigenvalue weighted by Gasteiger charge is -2.09. The molecule has 0 spiro atoms. The Morgan fingerprint density at radius 3 is 1.50 bits per heavy atom. The van der Waals surface area contributed by atoms with E-state index >= 15 is 0 Å². The second-order valence-corrected chi connectivity index (χ2v) is 13.8. The molecule has 0 unspecified atom stereocenters. The van der Waals surface area contributed by atoms with E-state index in [2.05, 4.69) is 20.4 Å². The normalized spacial score (nSPS) is 11.3. The molecular weight excluding hydrogens is 665 g/mol. The average molecular weight is 693 g/mol. The van der Waals surface area contributed by atoms with Crippen molar-refractivity contribution in [2.45, 2.75) is 35.7 Å². The van der Waals surface area contributed by atoms with Crippen LogP contribution in [-0.4, -0.2) is 54.9 Å². The van der Waals surface area contributed by atoms with E-state index in [1.807, 2.05) is 60.7 Å². The molecule has 236 valence electrons. The van der Waals surface area contributed by atoms with Gasteiger partial charge < -0.3 is 21.2 Å². The number of nitrogen functional groups attached to an aromatic ring is 2. The zero-order valence-electron chi connectivity index (χ0n) is 24.7. The largest absolute Gasteiger partial charge is 0.462 e. The van der Waals surface area contributed by atoms with E-state index in [-0.39, 0.29) is 13.2 Å². The number of benzene rings is 2. The average Bonchev–Trinajstić information content (AvgIpc) is 3.82. The molecule has 0 bridgehead atoms. The minimum absolute atomic E-state index is 0.223. The molecule has 46 heavy (non-hydrogen) atoms. The number of thiophene rings is 2. The maximum atomic E-state index is 13.2. The number of hydrogen-bond acceptors (Lipinski definition) is 14. The van der Waals surface area contributed by atoms with Gasteiger partial charge in [-0.05, 0) is 25.0 Å². The maximum absolute atomic E-state index is 13.2. The van der Waals surface area contributed by atoms with E-state index in [9.17, 15) is 9.59 Å². The highest BCUT2D eigenvalue weighted by atomic mass is 32.2. The third-order valence-corrected chi connectivity index (χ3v) is 11.2. The number of hydrogen-bond donors (Lipinski definition) is 2. The number of rotatable bonds is 12. The van der Waals surface area contributed by atoms with Crippen molar-refractivity contribution in [3.05, 3.63) is 81.5 Å². The van der Waals surface area contributed by atoms with Gasteiger partial charge in [-0.15, -0.1) is 43.1 Å². The number of ether oxygens (including phenoxy) is 2. The SMILES string of the molecule is CCOC(=O)c1sc2sc(C(=O)OCC)c(CSc3nnc(-c4ccccc4)n3N)c2c1CSc1nnc(-c2ccccc2)n1N. The van der Waals surface area contributed by atoms with Gasteiger partial charge in [0.1, 0.15) is 9.75 Å². The molecule has 0 saturated heterocycles. The van der Waals surface area contributed by atoms with Gasteiger partial charge in [0.05, 0.1) is 17.2 Å². The smallest absolute Gasteiger partial charge is 0.348 e. The van der Waals surface area contributed by atoms with Crippen LogP contribution in [-0.2, 0) is 21.0 Å². The van der Waals surface area contributed by atoms with Crippen molar-refractivity contribution >= 4 is 67.5 Å². The zero-order chi connectivity index (χ0) is 32.2. The van der Waals surface area contributed by atoms with E-state index in [1.54, 1.807) is 13.8 Å². The topological polar surface area (TPSA) is 166 Å². The van der Waals surface area contributed by atoms with Gasteiger partial charge in [0.15, 0.2) is 11.6 Å². The molecule has 0 aliphatic heterocycles. The number of esters is 2. The highest BCUT2D eigenvalue weighted by Crippen LogP contribution is 2.45. The van der Waals surface area contributed by atoms with Crippen molar-refractivity contribution in [2.24, 2.45) is 0 Å². The molecule has 2 aromatic carbocycles. The van der Waals surface area contributed by atoms with Gasteiger partial charge in [0.2, 0.25) is 10.3 Å². The fourth-order valence-corrected chi connectivity index (χ4v) is 9.25. The number of nitrogens with two attached hydrogens (primary N) is 2. The summed E-state index contributed by atoms with van der Waals surface area (Å²) in [6, 6.07) is 19.0. The fourth-order valence-electron chi connectivity index (χ4n) is 4.68. The summed E-state index contributed by atoms with van der Waals surface area (Å²) in [5, 5.41) is 18.9. The first kappa shape index (κ1) is 31.6. The van der Waals surface area contributed by atoms with Crippen LogP contribution in [0, 0.1) is 0 Å². The Morgan fingerprint density at radius 1 is 0.696 bits per heavy atom. The van der Waals surface area contributed by atoms with Gasteiger partial charge in [0, 0.05) is 28.0 Å². The third-order valence-electron chi connectivity index (χ3n) is 6.75. The molecule has 4 N–H and O–H groups in total. The zero-order valence-corrected chi connectivity index (χ0v) is 28.0. The van der Waals surface area contributed by atoms with Crippen LogP contribution >= 0.6 is 46.2 Å². The molecule has 0 amide bonds. The van der Waals surface area contributed by atoms with Gasteiger partial charge in [-0.3, -0.25) is 0 Å². The summed E-state index contributed by atoms with van der Waals surface area (Å²) < 4.78 is 14.5. The van der Waals surface area contributed by atoms with Crippen LogP contribution < -0.4 is 11.7 Å². The first-order valence-electron chi connectivity index (χ1n) is 14.1. The molecule has 0 fully saturated rings. The van der Waals surface area contributed by atoms with Crippen LogP contribution in [0.2, 0.25) is 0 Å². The molecule has 16 heteroatoms. The van der Waals surface area contributed by atoms with Crippen molar-refractivity contribution in [3.8, 4) is 22.8 Å². The molecule has 0 aliphatic carbocycles. The van der Waals surface area contributed by atoms with Crippen LogP contribution in [0.5, 0.6) is 0 Å². The number of aromatic nitrogens is 6. The lowest BCUT2D eigenvalue weighted by molar-refractivity contribution is 0.0522. The van der Waals surface area contributed by atoms with Crippen molar-refractivity contribution < 1.29 is 19.1 Å². The second kappa shape index (κ2) is 13.9.